The van der Waals surface area contributed by atoms with Crippen LogP contribution in [0.15, 0.2) is 0 Å². The van der Waals surface area contributed by atoms with E-state index in [1.54, 1.807) is 0 Å². The molecule has 116 valence electrons. The fraction of sp³-hybridized carbons (Fsp3) is 0.933. The molecule has 1 saturated carbocycles. The highest BCUT2D eigenvalue weighted by Gasteiger charge is 2.35. The molecule has 0 unspecified atom stereocenters. The smallest absolute Gasteiger partial charge is 0.239 e. The summed E-state index contributed by atoms with van der Waals surface area (Å²) in [6.45, 7) is 12.9. The quantitative estimate of drug-likeness (QED) is 0.704. The van der Waals surface area contributed by atoms with Crippen LogP contribution in [-0.2, 0) is 4.79 Å². The van der Waals surface area contributed by atoms with Crippen LogP contribution in [0.5, 0.6) is 0 Å². The fourth-order valence-corrected chi connectivity index (χ4v) is 2.94. The molecular weight excluding hydrogens is 252 g/mol. The Morgan fingerprint density at radius 1 is 1.35 bits per heavy atom. The molecule has 0 aromatic rings. The molecule has 0 atom stereocenters. The number of hydrogen-bond donors (Lipinski definition) is 2. The Labute approximate surface area is 123 Å². The lowest BCUT2D eigenvalue weighted by Crippen LogP contribution is -2.60. The summed E-state index contributed by atoms with van der Waals surface area (Å²) in [5.74, 6) is 0.159. The monoisotopic (exact) mass is 282 g/mol. The predicted molar refractivity (Wildman–Crippen MR) is 81.8 cm³/mol. The lowest BCUT2D eigenvalue weighted by Gasteiger charge is -2.39. The van der Waals surface area contributed by atoms with Crippen molar-refractivity contribution in [3.05, 3.63) is 0 Å². The van der Waals surface area contributed by atoms with Gasteiger partial charge in [0.05, 0.1) is 5.54 Å². The Morgan fingerprint density at radius 2 is 2.00 bits per heavy atom. The molecule has 0 aromatic carbocycles. The van der Waals surface area contributed by atoms with Crippen molar-refractivity contribution in [1.29, 1.82) is 0 Å². The molecule has 1 saturated heterocycles. The molecule has 2 N–H and O–H groups in total. The molecule has 1 heterocycles. The summed E-state index contributed by atoms with van der Waals surface area (Å²) < 4.78 is 0. The molecule has 1 aliphatic carbocycles. The van der Waals surface area contributed by atoms with E-state index in [0.29, 0.717) is 0 Å². The Hall–Kier alpha value is -0.650. The van der Waals surface area contributed by atoms with E-state index in [9.17, 15) is 4.79 Å². The van der Waals surface area contributed by atoms with Crippen LogP contribution in [0.3, 0.4) is 0 Å². The van der Waals surface area contributed by atoms with Gasteiger partial charge in [0.1, 0.15) is 0 Å². The molecule has 5 nitrogen and oxygen atoms in total. The van der Waals surface area contributed by atoms with Crippen LogP contribution >= 0.6 is 0 Å². The highest BCUT2D eigenvalue weighted by molar-refractivity contribution is 5.85. The number of nitrogens with one attached hydrogen (secondary N) is 2. The van der Waals surface area contributed by atoms with Crippen molar-refractivity contribution >= 4 is 5.91 Å². The van der Waals surface area contributed by atoms with Crippen molar-refractivity contribution in [1.82, 2.24) is 20.4 Å². The molecule has 20 heavy (non-hydrogen) atoms. The molecule has 0 bridgehead atoms. The first-order chi connectivity index (χ1) is 9.55. The maximum absolute atomic E-state index is 12.4. The van der Waals surface area contributed by atoms with Crippen LogP contribution in [0.1, 0.15) is 33.6 Å². The van der Waals surface area contributed by atoms with E-state index in [2.05, 4.69) is 27.4 Å². The minimum absolute atomic E-state index is 0.159. The summed E-state index contributed by atoms with van der Waals surface area (Å²) >= 11 is 0. The zero-order chi connectivity index (χ0) is 14.6. The molecule has 5 heteroatoms. The number of nitrogens with zero attached hydrogens (tertiary/aromatic N) is 2. The Bertz CT molecular complexity index is 322. The number of carbonyl (C=O) groups excluding carboxylic acids is 1. The normalized spacial score (nSPS) is 21.2. The minimum Gasteiger partial charge on any atom is -0.353 e. The van der Waals surface area contributed by atoms with Gasteiger partial charge in [-0.15, -0.1) is 0 Å². The van der Waals surface area contributed by atoms with Gasteiger partial charge in [-0.3, -0.25) is 14.6 Å². The summed E-state index contributed by atoms with van der Waals surface area (Å²) in [5, 5.41) is 6.46. The lowest BCUT2D eigenvalue weighted by molar-refractivity contribution is -0.132. The van der Waals surface area contributed by atoms with Gasteiger partial charge in [-0.1, -0.05) is 6.92 Å². The second kappa shape index (κ2) is 6.87. The molecule has 0 radical (unpaired) electrons. The van der Waals surface area contributed by atoms with Crippen LogP contribution < -0.4 is 10.6 Å². The van der Waals surface area contributed by atoms with Crippen LogP contribution in [0.4, 0.5) is 0 Å². The van der Waals surface area contributed by atoms with Gasteiger partial charge in [-0.2, -0.15) is 0 Å². The fourth-order valence-electron chi connectivity index (χ4n) is 2.94. The van der Waals surface area contributed by atoms with E-state index in [4.69, 9.17) is 0 Å². The molecule has 2 fully saturated rings. The Balaban J connectivity index is 1.74. The van der Waals surface area contributed by atoms with Crippen molar-refractivity contribution in [3.63, 3.8) is 0 Å². The Kier molecular flexibility index (Phi) is 5.41. The third kappa shape index (κ3) is 3.93. The number of amides is 1. The van der Waals surface area contributed by atoms with Crippen LogP contribution in [-0.4, -0.2) is 73.1 Å². The molecule has 1 amide bonds. The SMILES string of the molecule is CCN(CCNC(=O)C(C)(C)N1CCNCC1)C1CC1. The van der Waals surface area contributed by atoms with E-state index >= 15 is 0 Å². The van der Waals surface area contributed by atoms with E-state index in [0.717, 1.165) is 51.9 Å². The van der Waals surface area contributed by atoms with Gasteiger partial charge in [-0.05, 0) is 33.2 Å². The van der Waals surface area contributed by atoms with Gasteiger partial charge in [0.15, 0.2) is 0 Å². The maximum atomic E-state index is 12.4. The average Bonchev–Trinajstić information content (AvgIpc) is 3.29. The van der Waals surface area contributed by atoms with Crippen molar-refractivity contribution in [2.24, 2.45) is 0 Å². The third-order valence-electron chi connectivity index (χ3n) is 4.62. The highest BCUT2D eigenvalue weighted by Crippen LogP contribution is 2.25. The van der Waals surface area contributed by atoms with Gasteiger partial charge >= 0.3 is 0 Å². The van der Waals surface area contributed by atoms with E-state index < -0.39 is 5.54 Å². The van der Waals surface area contributed by atoms with Crippen molar-refractivity contribution in [2.75, 3.05) is 45.8 Å². The van der Waals surface area contributed by atoms with Crippen LogP contribution in [0.25, 0.3) is 0 Å². The second-order valence-electron chi connectivity index (χ2n) is 6.41. The summed E-state index contributed by atoms with van der Waals surface area (Å²) in [4.78, 5) is 17.2. The van der Waals surface area contributed by atoms with Gasteiger partial charge < -0.3 is 10.6 Å². The second-order valence-corrected chi connectivity index (χ2v) is 6.41. The zero-order valence-corrected chi connectivity index (χ0v) is 13.2. The number of carbonyl (C=O) groups is 1. The van der Waals surface area contributed by atoms with Crippen LogP contribution in [0.2, 0.25) is 0 Å². The molecule has 0 spiro atoms. The lowest BCUT2D eigenvalue weighted by atomic mass is 10.0. The van der Waals surface area contributed by atoms with Gasteiger partial charge in [0, 0.05) is 45.3 Å². The molecule has 0 aromatic heterocycles. The first-order valence-corrected chi connectivity index (χ1v) is 8.04. The summed E-state index contributed by atoms with van der Waals surface area (Å²) in [6.07, 6.45) is 2.65. The van der Waals surface area contributed by atoms with Gasteiger partial charge in [0.25, 0.3) is 0 Å². The molecule has 2 aliphatic rings. The number of hydrogen-bond acceptors (Lipinski definition) is 4. The molecule has 1 aliphatic heterocycles. The summed E-state index contributed by atoms with van der Waals surface area (Å²) in [5.41, 5.74) is -0.404. The zero-order valence-electron chi connectivity index (χ0n) is 13.2. The topological polar surface area (TPSA) is 47.6 Å². The summed E-state index contributed by atoms with van der Waals surface area (Å²) in [7, 11) is 0. The molecular formula is C15H30N4O. The van der Waals surface area contributed by atoms with E-state index in [-0.39, 0.29) is 5.91 Å². The first kappa shape index (κ1) is 15.7. The standard InChI is InChI=1S/C15H30N4O/c1-4-18(13-5-6-13)10-9-17-14(20)15(2,3)19-11-7-16-8-12-19/h13,16H,4-12H2,1-3H3,(H,17,20). The highest BCUT2D eigenvalue weighted by atomic mass is 16.2. The maximum Gasteiger partial charge on any atom is 0.239 e. The largest absolute Gasteiger partial charge is 0.353 e. The van der Waals surface area contributed by atoms with Gasteiger partial charge in [0.2, 0.25) is 5.91 Å². The third-order valence-corrected chi connectivity index (χ3v) is 4.62. The average molecular weight is 282 g/mol. The van der Waals surface area contributed by atoms with Gasteiger partial charge in [-0.25, -0.2) is 0 Å². The first-order valence-electron chi connectivity index (χ1n) is 8.04. The number of likely N-dealkylation sites (N-methyl/N-ethyl adjacent to an activating group) is 1. The molecule has 2 rings (SSSR count). The van der Waals surface area contributed by atoms with E-state index in [1.807, 2.05) is 13.8 Å². The van der Waals surface area contributed by atoms with Crippen LogP contribution in [0, 0.1) is 0 Å². The predicted octanol–water partition coefficient (Wildman–Crippen LogP) is 0.271. The summed E-state index contributed by atoms with van der Waals surface area (Å²) in [6, 6.07) is 0.776. The number of rotatable bonds is 7. The minimum atomic E-state index is -0.404. The van der Waals surface area contributed by atoms with Crippen molar-refractivity contribution in [3.8, 4) is 0 Å². The van der Waals surface area contributed by atoms with Crippen molar-refractivity contribution in [2.45, 2.75) is 45.2 Å². The van der Waals surface area contributed by atoms with Crippen molar-refractivity contribution < 1.29 is 4.79 Å². The Morgan fingerprint density at radius 3 is 2.55 bits per heavy atom. The number of piperazine rings is 1. The van der Waals surface area contributed by atoms with E-state index in [1.165, 1.54) is 12.8 Å².